The molecule has 0 bridgehead atoms. The number of hydrogen-bond acceptors (Lipinski definition) is 3. The van der Waals surface area contributed by atoms with Crippen LogP contribution in [-0.4, -0.2) is 13.0 Å². The summed E-state index contributed by atoms with van der Waals surface area (Å²) in [7, 11) is 1.53. The van der Waals surface area contributed by atoms with Crippen molar-refractivity contribution < 1.29 is 9.53 Å². The van der Waals surface area contributed by atoms with Crippen molar-refractivity contribution in [1.82, 2.24) is 5.43 Å². The van der Waals surface area contributed by atoms with Gasteiger partial charge in [0, 0.05) is 0 Å². The Hall–Kier alpha value is -0.970. The third-order valence-electron chi connectivity index (χ3n) is 2.57. The van der Waals surface area contributed by atoms with Gasteiger partial charge in [0.1, 0.15) is 5.75 Å². The van der Waals surface area contributed by atoms with Gasteiger partial charge in [0.15, 0.2) is 0 Å². The van der Waals surface area contributed by atoms with E-state index in [0.29, 0.717) is 10.8 Å². The minimum atomic E-state index is -0.730. The molecule has 96 valence electrons. The van der Waals surface area contributed by atoms with E-state index < -0.39 is 5.41 Å². The second-order valence-corrected chi connectivity index (χ2v) is 4.35. The lowest BCUT2D eigenvalue weighted by atomic mass is 9.84. The molecule has 1 aromatic carbocycles. The lowest BCUT2D eigenvalue weighted by molar-refractivity contribution is -0.125. The van der Waals surface area contributed by atoms with Gasteiger partial charge in [-0.3, -0.25) is 10.2 Å². The molecule has 0 aliphatic carbocycles. The largest absolute Gasteiger partial charge is 0.495 e. The number of halogens is 2. The maximum atomic E-state index is 11.6. The molecule has 0 spiro atoms. The molecule has 0 aliphatic heterocycles. The number of nitrogens with one attached hydrogen (secondary N) is 1. The van der Waals surface area contributed by atoms with Crippen molar-refractivity contribution >= 4 is 29.9 Å². The van der Waals surface area contributed by atoms with E-state index in [9.17, 15) is 4.79 Å². The van der Waals surface area contributed by atoms with Gasteiger partial charge < -0.3 is 4.74 Å². The van der Waals surface area contributed by atoms with Crippen LogP contribution in [0.5, 0.6) is 5.75 Å². The SMILES string of the molecule is COc1cc(C(C)(C)C(=O)NN)ccc1Cl.Cl. The van der Waals surface area contributed by atoms with E-state index in [1.54, 1.807) is 32.0 Å². The molecule has 4 nitrogen and oxygen atoms in total. The molecule has 17 heavy (non-hydrogen) atoms. The fourth-order valence-electron chi connectivity index (χ4n) is 1.36. The van der Waals surface area contributed by atoms with Crippen LogP contribution in [-0.2, 0) is 10.2 Å². The third-order valence-corrected chi connectivity index (χ3v) is 2.88. The van der Waals surface area contributed by atoms with Gasteiger partial charge in [-0.2, -0.15) is 0 Å². The molecule has 0 unspecified atom stereocenters. The van der Waals surface area contributed by atoms with E-state index >= 15 is 0 Å². The van der Waals surface area contributed by atoms with Crippen molar-refractivity contribution in [2.75, 3.05) is 7.11 Å². The summed E-state index contributed by atoms with van der Waals surface area (Å²) in [6.45, 7) is 3.55. The number of ether oxygens (including phenoxy) is 1. The standard InChI is InChI=1S/C11H15ClN2O2.ClH/c1-11(2,10(15)14-13)7-4-5-8(12)9(6-7)16-3;/h4-6H,13H2,1-3H3,(H,14,15);1H. The number of amides is 1. The number of benzene rings is 1. The number of rotatable bonds is 3. The zero-order valence-corrected chi connectivity index (χ0v) is 11.5. The van der Waals surface area contributed by atoms with Crippen molar-refractivity contribution in [3.8, 4) is 5.75 Å². The first-order valence-electron chi connectivity index (χ1n) is 4.78. The second kappa shape index (κ2) is 6.10. The van der Waals surface area contributed by atoms with Crippen molar-refractivity contribution in [1.29, 1.82) is 0 Å². The summed E-state index contributed by atoms with van der Waals surface area (Å²) in [6.07, 6.45) is 0. The molecule has 3 N–H and O–H groups in total. The molecule has 1 rings (SSSR count). The average molecular weight is 279 g/mol. The van der Waals surface area contributed by atoms with E-state index in [1.165, 1.54) is 7.11 Å². The van der Waals surface area contributed by atoms with Crippen LogP contribution in [0, 0.1) is 0 Å². The Morgan fingerprint density at radius 1 is 1.47 bits per heavy atom. The highest BCUT2D eigenvalue weighted by atomic mass is 35.5. The number of nitrogens with two attached hydrogens (primary N) is 1. The van der Waals surface area contributed by atoms with E-state index in [1.807, 2.05) is 0 Å². The molecule has 1 amide bonds. The van der Waals surface area contributed by atoms with E-state index in [-0.39, 0.29) is 18.3 Å². The summed E-state index contributed by atoms with van der Waals surface area (Å²) in [6, 6.07) is 5.21. The van der Waals surface area contributed by atoms with Crippen molar-refractivity contribution in [2.24, 2.45) is 5.84 Å². The topological polar surface area (TPSA) is 64.3 Å². The monoisotopic (exact) mass is 278 g/mol. The van der Waals surface area contributed by atoms with Crippen LogP contribution in [0.3, 0.4) is 0 Å². The van der Waals surface area contributed by atoms with Crippen LogP contribution < -0.4 is 16.0 Å². The highest BCUT2D eigenvalue weighted by Crippen LogP contribution is 2.31. The number of methoxy groups -OCH3 is 1. The Kier molecular flexibility index (Phi) is 5.75. The summed E-state index contributed by atoms with van der Waals surface area (Å²) in [5, 5.41) is 0.509. The van der Waals surface area contributed by atoms with Crippen LogP contribution in [0.25, 0.3) is 0 Å². The number of hydrazine groups is 1. The molecular weight excluding hydrogens is 263 g/mol. The molecule has 0 atom stereocenters. The molecular formula is C11H16Cl2N2O2. The smallest absolute Gasteiger partial charge is 0.243 e. The lowest BCUT2D eigenvalue weighted by Crippen LogP contribution is -2.43. The predicted molar refractivity (Wildman–Crippen MR) is 70.6 cm³/mol. The molecule has 0 fully saturated rings. The first-order chi connectivity index (χ1) is 7.43. The number of hydrogen-bond donors (Lipinski definition) is 2. The van der Waals surface area contributed by atoms with Crippen LogP contribution in [0.2, 0.25) is 5.02 Å². The molecule has 6 heteroatoms. The van der Waals surface area contributed by atoms with Gasteiger partial charge in [0.2, 0.25) is 5.91 Å². The van der Waals surface area contributed by atoms with Gasteiger partial charge >= 0.3 is 0 Å². The maximum absolute atomic E-state index is 11.6. The van der Waals surface area contributed by atoms with Crippen LogP contribution in [0.1, 0.15) is 19.4 Å². The number of carbonyl (C=O) groups is 1. The summed E-state index contributed by atoms with van der Waals surface area (Å²) in [5.41, 5.74) is 2.20. The van der Waals surface area contributed by atoms with Gasteiger partial charge in [-0.15, -0.1) is 12.4 Å². The molecule has 0 radical (unpaired) electrons. The maximum Gasteiger partial charge on any atom is 0.243 e. The van der Waals surface area contributed by atoms with Gasteiger partial charge in [0.05, 0.1) is 17.5 Å². The second-order valence-electron chi connectivity index (χ2n) is 3.95. The summed E-state index contributed by atoms with van der Waals surface area (Å²) >= 11 is 5.91. The Balaban J connectivity index is 0.00000256. The molecule has 0 aromatic heterocycles. The highest BCUT2D eigenvalue weighted by Gasteiger charge is 2.29. The Morgan fingerprint density at radius 2 is 2.06 bits per heavy atom. The fraction of sp³-hybridized carbons (Fsp3) is 0.364. The minimum Gasteiger partial charge on any atom is -0.495 e. The molecule has 0 saturated carbocycles. The number of carbonyl (C=O) groups excluding carboxylic acids is 1. The van der Waals surface area contributed by atoms with E-state index in [2.05, 4.69) is 5.43 Å². The van der Waals surface area contributed by atoms with Crippen molar-refractivity contribution in [3.63, 3.8) is 0 Å². The van der Waals surface area contributed by atoms with Crippen LogP contribution in [0.4, 0.5) is 0 Å². The predicted octanol–water partition coefficient (Wildman–Crippen LogP) is 2.04. The highest BCUT2D eigenvalue weighted by molar-refractivity contribution is 6.32. The van der Waals surface area contributed by atoms with Gasteiger partial charge in [-0.05, 0) is 31.5 Å². The van der Waals surface area contributed by atoms with Crippen molar-refractivity contribution in [2.45, 2.75) is 19.3 Å². The molecule has 0 aliphatic rings. The average Bonchev–Trinajstić information content (AvgIpc) is 2.28. The quantitative estimate of drug-likeness (QED) is 0.505. The third kappa shape index (κ3) is 3.25. The Morgan fingerprint density at radius 3 is 2.53 bits per heavy atom. The Labute approximate surface area is 112 Å². The van der Waals surface area contributed by atoms with Crippen LogP contribution >= 0.6 is 24.0 Å². The fourth-order valence-corrected chi connectivity index (χ4v) is 1.55. The Bertz CT molecular complexity index is 408. The zero-order valence-electron chi connectivity index (χ0n) is 9.91. The first kappa shape index (κ1) is 16.0. The van der Waals surface area contributed by atoms with E-state index in [4.69, 9.17) is 22.2 Å². The van der Waals surface area contributed by atoms with Crippen LogP contribution in [0.15, 0.2) is 18.2 Å². The van der Waals surface area contributed by atoms with E-state index in [0.717, 1.165) is 5.56 Å². The normalized spacial score (nSPS) is 10.4. The first-order valence-corrected chi connectivity index (χ1v) is 5.16. The van der Waals surface area contributed by atoms with Gasteiger partial charge in [-0.25, -0.2) is 5.84 Å². The summed E-state index contributed by atoms with van der Waals surface area (Å²) in [5.74, 6) is 5.41. The summed E-state index contributed by atoms with van der Waals surface area (Å²) < 4.78 is 5.10. The molecule has 0 saturated heterocycles. The summed E-state index contributed by atoms with van der Waals surface area (Å²) in [4.78, 5) is 11.6. The molecule has 1 aromatic rings. The van der Waals surface area contributed by atoms with Crippen molar-refractivity contribution in [3.05, 3.63) is 28.8 Å². The lowest BCUT2D eigenvalue weighted by Gasteiger charge is -2.23. The minimum absolute atomic E-state index is 0. The van der Waals surface area contributed by atoms with Gasteiger partial charge in [0.25, 0.3) is 0 Å². The zero-order chi connectivity index (χ0) is 12.3. The molecule has 0 heterocycles. The van der Waals surface area contributed by atoms with Gasteiger partial charge in [-0.1, -0.05) is 17.7 Å².